The van der Waals surface area contributed by atoms with Gasteiger partial charge in [-0.25, -0.2) is 19.5 Å². The first-order valence-corrected chi connectivity index (χ1v) is 11.5. The summed E-state index contributed by atoms with van der Waals surface area (Å²) in [7, 11) is 0. The number of nitrogens with one attached hydrogen (secondary N) is 2. The van der Waals surface area contributed by atoms with Gasteiger partial charge in [0.15, 0.2) is 5.82 Å². The number of aromatic nitrogens is 8. The Kier molecular flexibility index (Phi) is 6.37. The number of halogens is 1. The number of fused-ring (bicyclic) bond motifs is 1. The van der Waals surface area contributed by atoms with Crippen molar-refractivity contribution < 1.29 is 4.39 Å². The van der Waals surface area contributed by atoms with Gasteiger partial charge in [-0.2, -0.15) is 4.98 Å². The van der Waals surface area contributed by atoms with E-state index in [1.807, 2.05) is 13.0 Å². The highest BCUT2D eigenvalue weighted by Crippen LogP contribution is 2.28. The van der Waals surface area contributed by atoms with Crippen LogP contribution < -0.4 is 16.6 Å². The number of para-hydroxylation sites is 1. The number of rotatable bonds is 7. The summed E-state index contributed by atoms with van der Waals surface area (Å²) in [5.41, 5.74) is 7.59. The number of tetrazole rings is 1. The number of aromatic amines is 1. The van der Waals surface area contributed by atoms with Gasteiger partial charge in [0, 0.05) is 5.56 Å². The molecule has 0 aliphatic rings. The first-order valence-electron chi connectivity index (χ1n) is 11.5. The van der Waals surface area contributed by atoms with Crippen LogP contribution in [0.2, 0.25) is 0 Å². The van der Waals surface area contributed by atoms with Crippen molar-refractivity contribution in [1.82, 2.24) is 40.1 Å². The first-order chi connectivity index (χ1) is 18.0. The second-order valence-corrected chi connectivity index (χ2v) is 8.23. The van der Waals surface area contributed by atoms with Crippen molar-refractivity contribution in [2.45, 2.75) is 26.3 Å². The van der Waals surface area contributed by atoms with E-state index < -0.39 is 17.4 Å². The number of hydrogen-bond donors (Lipinski definition) is 3. The van der Waals surface area contributed by atoms with E-state index in [4.69, 9.17) is 10.7 Å². The number of H-pyrrole nitrogens is 1. The van der Waals surface area contributed by atoms with Crippen LogP contribution in [-0.4, -0.2) is 40.1 Å². The smallest absolute Gasteiger partial charge is 0.269 e. The molecule has 0 amide bonds. The predicted molar refractivity (Wildman–Crippen MR) is 138 cm³/mol. The number of hydrogen-bond acceptors (Lipinski definition) is 9. The predicted octanol–water partition coefficient (Wildman–Crippen LogP) is 3.45. The summed E-state index contributed by atoms with van der Waals surface area (Å²) in [6.07, 6.45) is 3.97. The van der Waals surface area contributed by atoms with E-state index in [0.717, 1.165) is 0 Å². The van der Waals surface area contributed by atoms with Crippen molar-refractivity contribution in [3.8, 4) is 5.69 Å². The Morgan fingerprint density at radius 3 is 2.65 bits per heavy atom. The molecule has 0 bridgehead atoms. The van der Waals surface area contributed by atoms with Gasteiger partial charge in [-0.1, -0.05) is 31.2 Å². The normalized spacial score (nSPS) is 12.3. The average molecular weight is 499 g/mol. The van der Waals surface area contributed by atoms with Crippen molar-refractivity contribution in [2.75, 3.05) is 11.1 Å². The van der Waals surface area contributed by atoms with Gasteiger partial charge >= 0.3 is 0 Å². The third-order valence-electron chi connectivity index (χ3n) is 5.84. The van der Waals surface area contributed by atoms with Crippen LogP contribution in [0.4, 0.5) is 16.2 Å². The summed E-state index contributed by atoms with van der Waals surface area (Å²) in [5.74, 6) is 0.753. The van der Waals surface area contributed by atoms with E-state index in [0.29, 0.717) is 40.8 Å². The minimum atomic E-state index is -0.624. The fourth-order valence-electron chi connectivity index (χ4n) is 4.09. The highest BCUT2D eigenvalue weighted by molar-refractivity contribution is 5.79. The molecule has 0 radical (unpaired) electrons. The number of benzene rings is 2. The Bertz CT molecular complexity index is 1650. The molecule has 11 nitrogen and oxygen atoms in total. The molecule has 3 aromatic heterocycles. The largest absolute Gasteiger partial charge is 0.368 e. The maximum atomic E-state index is 14.7. The SMILES string of the molecule is CCC(Nc1nc(N)nc(C)c1/C=C/c1nnn[nH]1)c1nc2cccc(F)c2c(=O)n1-c1ccccc1. The molecule has 1 unspecified atom stereocenters. The first kappa shape index (κ1) is 23.7. The molecular weight excluding hydrogens is 475 g/mol. The highest BCUT2D eigenvalue weighted by atomic mass is 19.1. The van der Waals surface area contributed by atoms with Gasteiger partial charge in [-0.15, -0.1) is 5.10 Å². The number of aryl methyl sites for hydroxylation is 1. The second kappa shape index (κ2) is 9.93. The third-order valence-corrected chi connectivity index (χ3v) is 5.84. The fourth-order valence-corrected chi connectivity index (χ4v) is 4.09. The van der Waals surface area contributed by atoms with Crippen molar-refractivity contribution in [1.29, 1.82) is 0 Å². The van der Waals surface area contributed by atoms with Gasteiger partial charge in [0.2, 0.25) is 5.95 Å². The molecule has 2 aromatic carbocycles. The minimum absolute atomic E-state index is 0.0728. The molecule has 0 saturated heterocycles. The standard InChI is InChI=1S/C25H23FN10O/c1-3-18(29-22-16(14(2)28-25(27)31-22)12-13-20-32-34-35-33-20)23-30-19-11-7-10-17(26)21(19)24(37)36(23)15-8-5-4-6-9-15/h4-13,18H,3H2,1-2H3,(H3,27,28,29,31)(H,32,33,34,35)/b13-12+. The van der Waals surface area contributed by atoms with Gasteiger partial charge in [-0.05, 0) is 60.2 Å². The van der Waals surface area contributed by atoms with Crippen LogP contribution in [0.15, 0.2) is 53.3 Å². The molecule has 1 atom stereocenters. The van der Waals surface area contributed by atoms with E-state index >= 15 is 0 Å². The Morgan fingerprint density at radius 2 is 1.92 bits per heavy atom. The van der Waals surface area contributed by atoms with Crippen molar-refractivity contribution in [3.05, 3.63) is 87.6 Å². The molecule has 186 valence electrons. The van der Waals surface area contributed by atoms with Crippen molar-refractivity contribution in [2.24, 2.45) is 0 Å². The Morgan fingerprint density at radius 1 is 1.11 bits per heavy atom. The molecule has 0 saturated carbocycles. The lowest BCUT2D eigenvalue weighted by Gasteiger charge is -2.23. The fraction of sp³-hybridized carbons (Fsp3) is 0.160. The van der Waals surface area contributed by atoms with E-state index in [9.17, 15) is 9.18 Å². The van der Waals surface area contributed by atoms with E-state index in [1.54, 1.807) is 49.4 Å². The van der Waals surface area contributed by atoms with Gasteiger partial charge in [0.05, 0.1) is 22.9 Å². The summed E-state index contributed by atoms with van der Waals surface area (Å²) in [6, 6.07) is 12.9. The molecule has 0 aliphatic heterocycles. The second-order valence-electron chi connectivity index (χ2n) is 8.23. The van der Waals surface area contributed by atoms with Crippen LogP contribution in [0.25, 0.3) is 28.7 Å². The zero-order valence-corrected chi connectivity index (χ0v) is 20.1. The average Bonchev–Trinajstić information content (AvgIpc) is 3.40. The van der Waals surface area contributed by atoms with Crippen LogP contribution in [0.3, 0.4) is 0 Å². The summed E-state index contributed by atoms with van der Waals surface area (Å²) >= 11 is 0. The number of nitrogen functional groups attached to an aromatic ring is 1. The lowest BCUT2D eigenvalue weighted by molar-refractivity contribution is 0.630. The van der Waals surface area contributed by atoms with Gasteiger partial charge in [0.1, 0.15) is 22.8 Å². The van der Waals surface area contributed by atoms with Crippen molar-refractivity contribution >= 4 is 34.8 Å². The zero-order chi connectivity index (χ0) is 25.9. The van der Waals surface area contributed by atoms with Crippen LogP contribution in [0, 0.1) is 12.7 Å². The van der Waals surface area contributed by atoms with Gasteiger partial charge in [-0.3, -0.25) is 9.36 Å². The highest BCUT2D eigenvalue weighted by Gasteiger charge is 2.23. The summed E-state index contributed by atoms with van der Waals surface area (Å²) in [4.78, 5) is 27.1. The molecule has 5 aromatic rings. The lowest BCUT2D eigenvalue weighted by Crippen LogP contribution is -2.29. The molecule has 5 rings (SSSR count). The molecule has 4 N–H and O–H groups in total. The molecule has 37 heavy (non-hydrogen) atoms. The topological polar surface area (TPSA) is 153 Å². The van der Waals surface area contributed by atoms with Crippen molar-refractivity contribution in [3.63, 3.8) is 0 Å². The molecule has 3 heterocycles. The van der Waals surface area contributed by atoms with Crippen LogP contribution >= 0.6 is 0 Å². The molecule has 0 aliphatic carbocycles. The molecule has 0 spiro atoms. The van der Waals surface area contributed by atoms with Gasteiger partial charge in [0.25, 0.3) is 5.56 Å². The van der Waals surface area contributed by atoms with Crippen LogP contribution in [0.1, 0.15) is 42.3 Å². The molecule has 0 fully saturated rings. The maximum absolute atomic E-state index is 14.7. The summed E-state index contributed by atoms with van der Waals surface area (Å²) in [5, 5.41) is 17.0. The van der Waals surface area contributed by atoms with E-state index in [2.05, 4.69) is 35.9 Å². The Hall–Kier alpha value is -5.00. The number of nitrogens with two attached hydrogens (primary N) is 1. The minimum Gasteiger partial charge on any atom is -0.368 e. The Labute approximate surface area is 210 Å². The molecule has 12 heteroatoms. The van der Waals surface area contributed by atoms with Crippen LogP contribution in [-0.2, 0) is 0 Å². The number of nitrogens with zero attached hydrogens (tertiary/aromatic N) is 7. The van der Waals surface area contributed by atoms with E-state index in [1.165, 1.54) is 16.7 Å². The number of anilines is 2. The summed E-state index contributed by atoms with van der Waals surface area (Å²) in [6.45, 7) is 3.75. The Balaban J connectivity index is 1.67. The summed E-state index contributed by atoms with van der Waals surface area (Å²) < 4.78 is 16.2. The van der Waals surface area contributed by atoms with Gasteiger partial charge < -0.3 is 11.1 Å². The monoisotopic (exact) mass is 498 g/mol. The van der Waals surface area contributed by atoms with E-state index in [-0.39, 0.29) is 16.9 Å². The lowest BCUT2D eigenvalue weighted by atomic mass is 10.1. The van der Waals surface area contributed by atoms with Crippen LogP contribution in [0.5, 0.6) is 0 Å². The third kappa shape index (κ3) is 4.63. The maximum Gasteiger partial charge on any atom is 0.269 e. The quantitative estimate of drug-likeness (QED) is 0.306. The molecular formula is C25H23FN10O. The zero-order valence-electron chi connectivity index (χ0n) is 20.1.